The molecule has 186 valence electrons. The van der Waals surface area contributed by atoms with E-state index in [2.05, 4.69) is 9.88 Å². The highest BCUT2D eigenvalue weighted by atomic mass is 16.4. The molecular weight excluding hydrogens is 470 g/mol. The number of rotatable bonds is 6. The van der Waals surface area contributed by atoms with E-state index in [0.717, 1.165) is 35.3 Å². The van der Waals surface area contributed by atoms with Crippen LogP contribution in [0.1, 0.15) is 59.1 Å². The molecule has 2 aromatic carbocycles. The molecule has 0 bridgehead atoms. The minimum atomic E-state index is -1.12. The van der Waals surface area contributed by atoms with E-state index in [1.54, 1.807) is 42.9 Å². The summed E-state index contributed by atoms with van der Waals surface area (Å²) in [6.07, 6.45) is 9.27. The highest BCUT2D eigenvalue weighted by Crippen LogP contribution is 2.36. The molecule has 8 nitrogen and oxygen atoms in total. The van der Waals surface area contributed by atoms with Gasteiger partial charge in [-0.3, -0.25) is 4.79 Å². The van der Waals surface area contributed by atoms with Gasteiger partial charge in [0.25, 0.3) is 5.91 Å². The second-order valence-corrected chi connectivity index (χ2v) is 9.31. The molecule has 1 aliphatic rings. The summed E-state index contributed by atoms with van der Waals surface area (Å²) in [5.74, 6) is -0.162. The zero-order chi connectivity index (χ0) is 25.4. The Morgan fingerprint density at radius 1 is 0.946 bits per heavy atom. The van der Waals surface area contributed by atoms with E-state index in [1.807, 2.05) is 24.3 Å². The summed E-state index contributed by atoms with van der Waals surface area (Å²) in [7, 11) is 0. The van der Waals surface area contributed by atoms with Crippen molar-refractivity contribution in [2.75, 3.05) is 5.32 Å². The molecule has 5 aromatic rings. The first kappa shape index (κ1) is 22.8. The van der Waals surface area contributed by atoms with Crippen LogP contribution in [0.5, 0.6) is 0 Å². The molecule has 6 rings (SSSR count). The Balaban J connectivity index is 1.26. The third-order valence-electron chi connectivity index (χ3n) is 6.91. The first-order valence-corrected chi connectivity index (χ1v) is 12.4. The summed E-state index contributed by atoms with van der Waals surface area (Å²) in [5, 5.41) is 12.0. The number of furan rings is 2. The van der Waals surface area contributed by atoms with Crippen LogP contribution in [0.15, 0.2) is 82.0 Å². The Morgan fingerprint density at radius 2 is 1.76 bits per heavy atom. The lowest BCUT2D eigenvalue weighted by Gasteiger charge is -2.25. The van der Waals surface area contributed by atoms with Crippen LogP contribution >= 0.6 is 0 Å². The number of nitrogens with zero attached hydrogens (tertiary/aromatic N) is 2. The number of amides is 1. The third kappa shape index (κ3) is 4.42. The summed E-state index contributed by atoms with van der Waals surface area (Å²) >= 11 is 0. The van der Waals surface area contributed by atoms with Crippen LogP contribution in [0, 0.1) is 0 Å². The van der Waals surface area contributed by atoms with Gasteiger partial charge in [-0.05, 0) is 73.5 Å². The smallest absolute Gasteiger partial charge is 0.371 e. The molecule has 2 N–H and O–H groups in total. The molecule has 1 saturated carbocycles. The van der Waals surface area contributed by atoms with E-state index in [9.17, 15) is 9.59 Å². The van der Waals surface area contributed by atoms with Crippen molar-refractivity contribution in [2.24, 2.45) is 0 Å². The Morgan fingerprint density at radius 3 is 2.46 bits per heavy atom. The van der Waals surface area contributed by atoms with Crippen molar-refractivity contribution < 1.29 is 23.5 Å². The van der Waals surface area contributed by atoms with Crippen molar-refractivity contribution >= 4 is 28.6 Å². The van der Waals surface area contributed by atoms with Crippen LogP contribution in [0.25, 0.3) is 33.7 Å². The Kier molecular flexibility index (Phi) is 5.84. The number of anilines is 1. The molecule has 1 aliphatic carbocycles. The molecular formula is C29H25N3O5. The van der Waals surface area contributed by atoms with Crippen molar-refractivity contribution in [3.8, 4) is 22.7 Å². The standard InChI is InChI=1S/C29H25N3O5/c33-28(30-21-9-6-18(7-10-21)25-12-13-26(37-25)29(34)35)19-8-11-24-23(16-19)31-27(20-14-15-36-17-20)32(24)22-4-2-1-3-5-22/h6-17,22H,1-5H2,(H,30,33)(H,34,35). The lowest BCUT2D eigenvalue weighted by atomic mass is 9.95. The molecule has 37 heavy (non-hydrogen) atoms. The van der Waals surface area contributed by atoms with Crippen LogP contribution in [0.3, 0.4) is 0 Å². The minimum Gasteiger partial charge on any atom is -0.475 e. The molecule has 1 amide bonds. The molecule has 0 spiro atoms. The fraction of sp³-hybridized carbons (Fsp3) is 0.207. The highest BCUT2D eigenvalue weighted by Gasteiger charge is 2.23. The predicted octanol–water partition coefficient (Wildman–Crippen LogP) is 7.01. The average Bonchev–Trinajstić information content (AvgIpc) is 3.69. The number of nitrogens with one attached hydrogen (secondary N) is 1. The number of carbonyl (C=O) groups excluding carboxylic acids is 1. The SMILES string of the molecule is O=C(Nc1ccc(-c2ccc(C(=O)O)o2)cc1)c1ccc2c(c1)nc(-c1ccoc1)n2C1CCCCC1. The number of fused-ring (bicyclic) bond motifs is 1. The van der Waals surface area contributed by atoms with E-state index in [4.69, 9.17) is 18.9 Å². The first-order valence-electron chi connectivity index (χ1n) is 12.4. The van der Waals surface area contributed by atoms with E-state index < -0.39 is 5.97 Å². The van der Waals surface area contributed by atoms with Crippen molar-refractivity contribution in [2.45, 2.75) is 38.1 Å². The largest absolute Gasteiger partial charge is 0.475 e. The number of benzene rings is 2. The highest BCUT2D eigenvalue weighted by molar-refractivity contribution is 6.06. The van der Waals surface area contributed by atoms with Crippen LogP contribution in [-0.2, 0) is 0 Å². The lowest BCUT2D eigenvalue weighted by Crippen LogP contribution is -2.14. The van der Waals surface area contributed by atoms with Crippen LogP contribution < -0.4 is 5.32 Å². The van der Waals surface area contributed by atoms with E-state index in [0.29, 0.717) is 28.6 Å². The number of carboxylic acids is 1. The summed E-state index contributed by atoms with van der Waals surface area (Å²) < 4.78 is 13.0. The number of hydrogen-bond donors (Lipinski definition) is 2. The topological polar surface area (TPSA) is 110 Å². The monoisotopic (exact) mass is 495 g/mol. The molecule has 0 atom stereocenters. The van der Waals surface area contributed by atoms with Crippen LogP contribution in [-0.4, -0.2) is 26.5 Å². The van der Waals surface area contributed by atoms with Gasteiger partial charge in [-0.25, -0.2) is 9.78 Å². The molecule has 0 unspecified atom stereocenters. The van der Waals surface area contributed by atoms with E-state index in [-0.39, 0.29) is 11.7 Å². The molecule has 0 aliphatic heterocycles. The van der Waals surface area contributed by atoms with Gasteiger partial charge in [0.2, 0.25) is 5.76 Å². The second-order valence-electron chi connectivity index (χ2n) is 9.31. The fourth-order valence-corrected chi connectivity index (χ4v) is 5.07. The van der Waals surface area contributed by atoms with Crippen LogP contribution in [0.2, 0.25) is 0 Å². The number of aromatic carboxylic acids is 1. The van der Waals surface area contributed by atoms with Gasteiger partial charge >= 0.3 is 5.97 Å². The molecule has 3 aromatic heterocycles. The molecule has 0 radical (unpaired) electrons. The van der Waals surface area contributed by atoms with Gasteiger partial charge in [-0.2, -0.15) is 0 Å². The molecule has 1 fully saturated rings. The summed E-state index contributed by atoms with van der Waals surface area (Å²) in [6.45, 7) is 0. The summed E-state index contributed by atoms with van der Waals surface area (Å²) in [5.41, 5.74) is 4.57. The maximum atomic E-state index is 13.1. The van der Waals surface area contributed by atoms with Gasteiger partial charge in [0.15, 0.2) is 0 Å². The maximum Gasteiger partial charge on any atom is 0.371 e. The Labute approximate surface area is 212 Å². The minimum absolute atomic E-state index is 0.121. The molecule has 3 heterocycles. The van der Waals surface area contributed by atoms with Gasteiger partial charge in [-0.1, -0.05) is 19.3 Å². The quantitative estimate of drug-likeness (QED) is 0.262. The second kappa shape index (κ2) is 9.46. The zero-order valence-corrected chi connectivity index (χ0v) is 20.0. The predicted molar refractivity (Wildman–Crippen MR) is 139 cm³/mol. The third-order valence-corrected chi connectivity index (χ3v) is 6.91. The van der Waals surface area contributed by atoms with Crippen molar-refractivity contribution in [3.05, 3.63) is 84.5 Å². The molecule has 8 heteroatoms. The average molecular weight is 496 g/mol. The van der Waals surface area contributed by atoms with Gasteiger partial charge in [0.05, 0.1) is 22.9 Å². The van der Waals surface area contributed by atoms with Crippen molar-refractivity contribution in [1.82, 2.24) is 9.55 Å². The zero-order valence-electron chi connectivity index (χ0n) is 20.0. The van der Waals surface area contributed by atoms with Gasteiger partial charge < -0.3 is 23.8 Å². The first-order chi connectivity index (χ1) is 18.1. The fourth-order valence-electron chi connectivity index (χ4n) is 5.07. The Bertz CT molecular complexity index is 1570. The summed E-state index contributed by atoms with van der Waals surface area (Å²) in [6, 6.07) is 18.0. The number of imidazole rings is 1. The maximum absolute atomic E-state index is 13.1. The van der Waals surface area contributed by atoms with Crippen LogP contribution in [0.4, 0.5) is 5.69 Å². The van der Waals surface area contributed by atoms with Gasteiger partial charge in [-0.15, -0.1) is 0 Å². The molecule has 0 saturated heterocycles. The normalized spacial score (nSPS) is 14.2. The number of hydrogen-bond acceptors (Lipinski definition) is 5. The lowest BCUT2D eigenvalue weighted by molar-refractivity contribution is 0.0663. The van der Waals surface area contributed by atoms with Gasteiger partial charge in [0.1, 0.15) is 17.8 Å². The summed E-state index contributed by atoms with van der Waals surface area (Å²) in [4.78, 5) is 29.0. The number of carbonyl (C=O) groups is 2. The van der Waals surface area contributed by atoms with Crippen molar-refractivity contribution in [1.29, 1.82) is 0 Å². The van der Waals surface area contributed by atoms with E-state index >= 15 is 0 Å². The van der Waals surface area contributed by atoms with E-state index in [1.165, 1.54) is 25.3 Å². The number of carboxylic acid groups (broad SMARTS) is 1. The Hall–Kier alpha value is -4.59. The van der Waals surface area contributed by atoms with Crippen molar-refractivity contribution in [3.63, 3.8) is 0 Å². The van der Waals surface area contributed by atoms with Gasteiger partial charge in [0, 0.05) is 22.9 Å². The number of aromatic nitrogens is 2.